The molecule has 13 heteroatoms. The minimum absolute atomic E-state index is 0. The van der Waals surface area contributed by atoms with Gasteiger partial charge >= 0.3 is 51.4 Å². The minimum atomic E-state index is -0.750. The molecular formula is C33H26BrCl3F3KN4O. The summed E-state index contributed by atoms with van der Waals surface area (Å²) in [5, 5.41) is 34.9. The first-order valence-corrected chi connectivity index (χ1v) is 14.4. The topological polar surface area (TPSA) is 110 Å². The molecule has 0 aliphatic heterocycles. The number of rotatable bonds is 2. The van der Waals surface area contributed by atoms with Gasteiger partial charge < -0.3 is 10.1 Å². The number of nitrogens with zero attached hydrogens (tertiary/aromatic N) is 3. The monoisotopic (exact) mass is 774 g/mol. The largest absolute Gasteiger partial charge is 1.00 e. The third kappa shape index (κ3) is 18.7. The standard InChI is InChI=1S/C11H6ClFN2.C9H5ClFN.C6H3BrClF.C4H9O.C3H3N.K/c12-10-3-1-2-8(11(10)13)9-6-15-5-7(9)4-14;10-8-5-1-3-7(9(8)11)4-2-6-12;7-4-2-1-3-5(8)6(4)9;1-4(2,3)5;1-2-3-4;/h1-3,5-6,15H;1-5H;1-3H;1-3H3;2H,1H2;/q;;;-1;;+1/b;4-2+;;;;. The average Bonchev–Trinajstić information content (AvgIpc) is 3.47. The van der Waals surface area contributed by atoms with Crippen molar-refractivity contribution in [1.82, 2.24) is 4.98 Å². The molecule has 0 radical (unpaired) electrons. The molecule has 0 aliphatic rings. The molecule has 1 heterocycles. The van der Waals surface area contributed by atoms with E-state index in [1.165, 1.54) is 42.6 Å². The van der Waals surface area contributed by atoms with E-state index in [1.54, 1.807) is 75.5 Å². The molecule has 0 spiro atoms. The molecule has 0 bridgehead atoms. The Morgan fingerprint density at radius 2 is 1.28 bits per heavy atom. The van der Waals surface area contributed by atoms with Gasteiger partial charge in [0.05, 0.1) is 37.2 Å². The van der Waals surface area contributed by atoms with Crippen LogP contribution in [0.3, 0.4) is 0 Å². The molecule has 46 heavy (non-hydrogen) atoms. The molecule has 0 atom stereocenters. The number of halogens is 7. The van der Waals surface area contributed by atoms with Gasteiger partial charge in [-0.2, -0.15) is 15.8 Å². The van der Waals surface area contributed by atoms with Crippen LogP contribution in [0, 0.1) is 51.4 Å². The Hall–Kier alpha value is -2.37. The Morgan fingerprint density at radius 3 is 1.74 bits per heavy atom. The van der Waals surface area contributed by atoms with Gasteiger partial charge in [0, 0.05) is 41.2 Å². The number of aromatic amines is 1. The molecule has 1 aromatic heterocycles. The summed E-state index contributed by atoms with van der Waals surface area (Å²) in [6, 6.07) is 19.6. The summed E-state index contributed by atoms with van der Waals surface area (Å²) in [4.78, 5) is 2.76. The molecule has 234 valence electrons. The van der Waals surface area contributed by atoms with Gasteiger partial charge in [-0.15, -0.1) is 5.60 Å². The molecule has 0 saturated carbocycles. The normalized spacial score (nSPS) is 9.39. The summed E-state index contributed by atoms with van der Waals surface area (Å²) in [5.74, 6) is -1.40. The van der Waals surface area contributed by atoms with E-state index in [4.69, 9.17) is 50.6 Å². The van der Waals surface area contributed by atoms with Gasteiger partial charge in [-0.25, -0.2) is 13.2 Å². The van der Waals surface area contributed by atoms with Crippen molar-refractivity contribution in [2.75, 3.05) is 0 Å². The van der Waals surface area contributed by atoms with Gasteiger partial charge in [0.2, 0.25) is 0 Å². The van der Waals surface area contributed by atoms with Gasteiger partial charge in [-0.05, 0) is 46.3 Å². The zero-order valence-corrected chi connectivity index (χ0v) is 32.2. The Labute approximate surface area is 333 Å². The van der Waals surface area contributed by atoms with Crippen LogP contribution < -0.4 is 56.5 Å². The quantitative estimate of drug-likeness (QED) is 0.130. The van der Waals surface area contributed by atoms with E-state index in [2.05, 4.69) is 27.5 Å². The van der Waals surface area contributed by atoms with E-state index in [-0.39, 0.29) is 66.5 Å². The molecule has 0 unspecified atom stereocenters. The van der Waals surface area contributed by atoms with Gasteiger partial charge in [0.15, 0.2) is 5.82 Å². The zero-order valence-electron chi connectivity index (χ0n) is 25.2. The summed E-state index contributed by atoms with van der Waals surface area (Å²) in [6.07, 6.45) is 6.86. The van der Waals surface area contributed by atoms with Crippen LogP contribution in [-0.4, -0.2) is 10.6 Å². The molecule has 0 amide bonds. The molecule has 4 rings (SSSR count). The van der Waals surface area contributed by atoms with Crippen molar-refractivity contribution in [1.29, 1.82) is 15.8 Å². The minimum Gasteiger partial charge on any atom is -0.850 e. The number of hydrogen-bond acceptors (Lipinski definition) is 4. The second kappa shape index (κ2) is 24.8. The summed E-state index contributed by atoms with van der Waals surface area (Å²) in [6.45, 7) is 8.01. The van der Waals surface area contributed by atoms with Crippen molar-refractivity contribution >= 4 is 56.8 Å². The maximum absolute atomic E-state index is 13.6. The van der Waals surface area contributed by atoms with Crippen LogP contribution >= 0.6 is 50.7 Å². The number of aromatic nitrogens is 1. The summed E-state index contributed by atoms with van der Waals surface area (Å²) >= 11 is 19.6. The molecule has 0 fully saturated rings. The van der Waals surface area contributed by atoms with E-state index >= 15 is 0 Å². The van der Waals surface area contributed by atoms with Crippen molar-refractivity contribution in [3.8, 4) is 29.3 Å². The van der Waals surface area contributed by atoms with Crippen molar-refractivity contribution in [3.63, 3.8) is 0 Å². The zero-order chi connectivity index (χ0) is 34.6. The second-order valence-electron chi connectivity index (χ2n) is 9.08. The fourth-order valence-electron chi connectivity index (χ4n) is 2.64. The van der Waals surface area contributed by atoms with Crippen molar-refractivity contribution in [3.05, 3.63) is 134 Å². The smallest absolute Gasteiger partial charge is 0.850 e. The number of H-pyrrole nitrogens is 1. The van der Waals surface area contributed by atoms with E-state index in [0.29, 0.717) is 26.7 Å². The third-order valence-electron chi connectivity index (χ3n) is 4.42. The van der Waals surface area contributed by atoms with Gasteiger partial charge in [0.1, 0.15) is 17.7 Å². The van der Waals surface area contributed by atoms with E-state index < -0.39 is 23.1 Å². The Balaban J connectivity index is 0. The van der Waals surface area contributed by atoms with Crippen molar-refractivity contribution < 1.29 is 69.7 Å². The Kier molecular flexibility index (Phi) is 24.6. The average molecular weight is 777 g/mol. The fraction of sp³-hybridized carbons (Fsp3) is 0.121. The summed E-state index contributed by atoms with van der Waals surface area (Å²) in [7, 11) is 0. The SMILES string of the molecule is C=CC#N.CC(C)(C)[O-].Fc1c(Cl)cccc1Br.N#C/C=C/c1cccc(Cl)c1F.N#Cc1c[nH]cc1-c1cccc(Cl)c1F.[K+]. The van der Waals surface area contributed by atoms with Crippen LogP contribution in [0.4, 0.5) is 13.2 Å². The summed E-state index contributed by atoms with van der Waals surface area (Å²) in [5.41, 5.74) is 0.831. The van der Waals surface area contributed by atoms with Crippen LogP contribution in [0.5, 0.6) is 0 Å². The molecule has 0 saturated heterocycles. The Morgan fingerprint density at radius 1 is 0.804 bits per heavy atom. The summed E-state index contributed by atoms with van der Waals surface area (Å²) < 4.78 is 39.6. The first kappa shape index (κ1) is 45.7. The van der Waals surface area contributed by atoms with Gasteiger partial charge in [0.25, 0.3) is 0 Å². The predicted molar refractivity (Wildman–Crippen MR) is 177 cm³/mol. The first-order chi connectivity index (χ1) is 21.1. The molecule has 4 aromatic rings. The molecule has 5 nitrogen and oxygen atoms in total. The van der Waals surface area contributed by atoms with Crippen LogP contribution in [0.2, 0.25) is 15.1 Å². The van der Waals surface area contributed by atoms with Gasteiger partial charge in [-0.1, -0.05) is 92.5 Å². The van der Waals surface area contributed by atoms with Crippen molar-refractivity contribution in [2.24, 2.45) is 0 Å². The van der Waals surface area contributed by atoms with E-state index in [0.717, 1.165) is 0 Å². The van der Waals surface area contributed by atoms with Crippen LogP contribution in [0.1, 0.15) is 31.9 Å². The van der Waals surface area contributed by atoms with Gasteiger partial charge in [-0.3, -0.25) is 0 Å². The molecule has 3 aromatic carbocycles. The van der Waals surface area contributed by atoms with Crippen LogP contribution in [0.25, 0.3) is 17.2 Å². The first-order valence-electron chi connectivity index (χ1n) is 12.4. The van der Waals surface area contributed by atoms with E-state index in [9.17, 15) is 18.3 Å². The number of hydrogen-bond donors (Lipinski definition) is 1. The van der Waals surface area contributed by atoms with Crippen molar-refractivity contribution in [2.45, 2.75) is 26.4 Å². The number of nitriles is 3. The molecular weight excluding hydrogens is 751 g/mol. The van der Waals surface area contributed by atoms with Crippen LogP contribution in [0.15, 0.2) is 90.2 Å². The molecule has 0 aliphatic carbocycles. The number of benzene rings is 3. The number of nitrogens with one attached hydrogen (secondary N) is 1. The number of allylic oxidation sites excluding steroid dienone is 2. The maximum atomic E-state index is 13.6. The van der Waals surface area contributed by atoms with Crippen LogP contribution in [-0.2, 0) is 0 Å². The molecule has 1 N–H and O–H groups in total. The maximum Gasteiger partial charge on any atom is 1.00 e. The fourth-order valence-corrected chi connectivity index (χ4v) is 3.66. The van der Waals surface area contributed by atoms with E-state index in [1.807, 2.05) is 6.07 Å². The Bertz CT molecular complexity index is 1680. The predicted octanol–water partition coefficient (Wildman–Crippen LogP) is 7.45. The second-order valence-corrected chi connectivity index (χ2v) is 11.2. The third-order valence-corrected chi connectivity index (χ3v) is 5.91.